The molecule has 2 rings (SSSR count). The minimum Gasteiger partial charge on any atom is -0.326 e. The van der Waals surface area contributed by atoms with Crippen molar-refractivity contribution in [1.82, 2.24) is 0 Å². The zero-order valence-electron chi connectivity index (χ0n) is 13.0. The molecule has 0 bridgehead atoms. The third kappa shape index (κ3) is 5.64. The fraction of sp³-hybridized carbons (Fsp3) is 0.188. The molecular weight excluding hydrogens is 351 g/mol. The first-order valence-electron chi connectivity index (χ1n) is 7.33. The van der Waals surface area contributed by atoms with E-state index < -0.39 is 20.0 Å². The molecule has 1 N–H and O–H groups in total. The molecule has 0 aliphatic rings. The lowest BCUT2D eigenvalue weighted by atomic mass is 10.1. The Kier molecular flexibility index (Phi) is 5.81. The number of nitrogens with one attached hydrogen (secondary N) is 1. The Morgan fingerprint density at radius 1 is 1.16 bits per heavy atom. The van der Waals surface area contributed by atoms with E-state index in [1.807, 2.05) is 0 Å². The number of nitrogens with zero attached hydrogens (tertiary/aromatic N) is 1. The molecule has 0 radical (unpaired) electrons. The Morgan fingerprint density at radius 3 is 2.44 bits per heavy atom. The van der Waals surface area contributed by atoms with Crippen molar-refractivity contribution in [2.75, 3.05) is 5.32 Å². The van der Waals surface area contributed by atoms with Gasteiger partial charge in [0.2, 0.25) is 5.91 Å². The summed E-state index contributed by atoms with van der Waals surface area (Å²) in [5.41, 5.74) is 1.06. The number of nitro groups is 1. The predicted molar refractivity (Wildman–Crippen MR) is 89.4 cm³/mol. The van der Waals surface area contributed by atoms with Crippen molar-refractivity contribution in [2.24, 2.45) is 0 Å². The van der Waals surface area contributed by atoms with Gasteiger partial charge in [0.1, 0.15) is 4.90 Å². The van der Waals surface area contributed by atoms with Crippen molar-refractivity contribution in [3.05, 3.63) is 64.2 Å². The highest BCUT2D eigenvalue weighted by atomic mass is 32.3. The van der Waals surface area contributed by atoms with Crippen LogP contribution in [-0.4, -0.2) is 19.2 Å². The number of hydrogen-bond acceptors (Lipinski definition) is 5. The van der Waals surface area contributed by atoms with Crippen LogP contribution in [0.4, 0.5) is 15.3 Å². The summed E-state index contributed by atoms with van der Waals surface area (Å²) < 4.78 is 34.6. The molecule has 0 aliphatic carbocycles. The lowest BCUT2D eigenvalue weighted by Gasteiger charge is -2.06. The van der Waals surface area contributed by atoms with E-state index in [1.165, 1.54) is 24.3 Å². The maximum absolute atomic E-state index is 12.9. The zero-order valence-corrected chi connectivity index (χ0v) is 13.8. The maximum Gasteiger partial charge on any atom is 0.332 e. The van der Waals surface area contributed by atoms with Crippen LogP contribution in [0.2, 0.25) is 0 Å². The fourth-order valence-corrected chi connectivity index (χ4v) is 2.70. The van der Waals surface area contributed by atoms with E-state index in [-0.39, 0.29) is 23.7 Å². The molecule has 1 amide bonds. The average Bonchev–Trinajstić information content (AvgIpc) is 2.55. The van der Waals surface area contributed by atoms with E-state index in [0.29, 0.717) is 12.8 Å². The molecule has 0 aromatic heterocycles. The summed E-state index contributed by atoms with van der Waals surface area (Å²) in [5.74, 6) is -0.338. The number of halogens is 1. The number of carbonyl (C=O) groups excluding carboxylic acids is 1. The summed E-state index contributed by atoms with van der Waals surface area (Å²) >= 11 is 0. The van der Waals surface area contributed by atoms with E-state index in [1.54, 1.807) is 12.1 Å². The number of rotatable bonds is 7. The molecule has 2 aromatic rings. The summed E-state index contributed by atoms with van der Waals surface area (Å²) in [4.78, 5) is 21.4. The Hall–Kier alpha value is -2.81. The quantitative estimate of drug-likeness (QED) is 0.460. The van der Waals surface area contributed by atoms with Crippen LogP contribution in [0.1, 0.15) is 18.4 Å². The van der Waals surface area contributed by atoms with Crippen molar-refractivity contribution in [3.8, 4) is 0 Å². The van der Waals surface area contributed by atoms with E-state index in [9.17, 15) is 27.2 Å². The van der Waals surface area contributed by atoms with Crippen LogP contribution >= 0.6 is 0 Å². The van der Waals surface area contributed by atoms with Crippen LogP contribution in [0.3, 0.4) is 0 Å². The third-order valence-corrected chi connectivity index (χ3v) is 4.23. The second-order valence-corrected chi connectivity index (χ2v) is 6.64. The number of aryl methyl sites for hydroxylation is 1. The summed E-state index contributed by atoms with van der Waals surface area (Å²) in [7, 11) is -4.82. The molecule has 0 spiro atoms. The number of hydrogen-bond donors (Lipinski definition) is 1. The van der Waals surface area contributed by atoms with Crippen LogP contribution in [0.5, 0.6) is 0 Å². The van der Waals surface area contributed by atoms with Gasteiger partial charge < -0.3 is 5.32 Å². The van der Waals surface area contributed by atoms with Crippen molar-refractivity contribution in [1.29, 1.82) is 0 Å². The topological polar surface area (TPSA) is 106 Å². The van der Waals surface area contributed by atoms with Gasteiger partial charge in [-0.3, -0.25) is 14.9 Å². The van der Waals surface area contributed by atoms with Crippen LogP contribution in [0.25, 0.3) is 0 Å². The van der Waals surface area contributed by atoms with E-state index in [0.717, 1.165) is 17.7 Å². The molecule has 132 valence electrons. The number of anilines is 1. The molecule has 0 unspecified atom stereocenters. The molecular formula is C16H15FN2O5S. The molecule has 9 heteroatoms. The van der Waals surface area contributed by atoms with Gasteiger partial charge in [0.15, 0.2) is 0 Å². The molecule has 0 atom stereocenters. The molecule has 25 heavy (non-hydrogen) atoms. The first-order chi connectivity index (χ1) is 11.8. The molecule has 0 fully saturated rings. The Labute approximate surface area is 143 Å². The number of benzene rings is 2. The second-order valence-electron chi connectivity index (χ2n) is 5.29. The summed E-state index contributed by atoms with van der Waals surface area (Å²) in [6.07, 6.45) is 1.23. The van der Waals surface area contributed by atoms with Crippen LogP contribution in [0.15, 0.2) is 53.4 Å². The summed E-state index contributed by atoms with van der Waals surface area (Å²) in [6.45, 7) is 0. The van der Waals surface area contributed by atoms with Gasteiger partial charge in [0, 0.05) is 24.2 Å². The van der Waals surface area contributed by atoms with Crippen LogP contribution < -0.4 is 5.32 Å². The summed E-state index contributed by atoms with van der Waals surface area (Å²) in [5, 5.41) is 13.1. The van der Waals surface area contributed by atoms with Gasteiger partial charge in [0.05, 0.1) is 4.92 Å². The first-order valence-corrected chi connectivity index (χ1v) is 8.72. The first kappa shape index (κ1) is 18.5. The van der Waals surface area contributed by atoms with Crippen molar-refractivity contribution in [3.63, 3.8) is 0 Å². The van der Waals surface area contributed by atoms with E-state index in [4.69, 9.17) is 0 Å². The average molecular weight is 366 g/mol. The molecule has 7 nitrogen and oxygen atoms in total. The Bertz CT molecular complexity index is 882. The molecule has 0 aliphatic heterocycles. The fourth-order valence-electron chi connectivity index (χ4n) is 2.19. The number of carbonyl (C=O) groups is 1. The molecule has 0 saturated carbocycles. The van der Waals surface area contributed by atoms with Crippen LogP contribution in [0, 0.1) is 10.1 Å². The van der Waals surface area contributed by atoms with Crippen molar-refractivity contribution < 1.29 is 22.0 Å². The number of non-ortho nitro benzene ring substituents is 1. The second kappa shape index (κ2) is 7.84. The predicted octanol–water partition coefficient (Wildman–Crippen LogP) is 3.21. The zero-order chi connectivity index (χ0) is 18.4. The minimum atomic E-state index is -4.82. The lowest BCUT2D eigenvalue weighted by Crippen LogP contribution is -2.11. The van der Waals surface area contributed by atoms with Gasteiger partial charge >= 0.3 is 10.2 Å². The monoisotopic (exact) mass is 366 g/mol. The smallest absolute Gasteiger partial charge is 0.326 e. The minimum absolute atomic E-state index is 0.00388. The third-order valence-electron chi connectivity index (χ3n) is 3.42. The highest BCUT2D eigenvalue weighted by molar-refractivity contribution is 7.86. The van der Waals surface area contributed by atoms with Gasteiger partial charge in [-0.05, 0) is 36.6 Å². The van der Waals surface area contributed by atoms with Gasteiger partial charge in [-0.2, -0.15) is 8.42 Å². The Balaban J connectivity index is 1.86. The normalized spacial score (nSPS) is 11.1. The number of nitro benzene ring substituents is 1. The standard InChI is InChI=1S/C16H15FN2O5S/c17-25(23,24)15-5-2-4-13(11-15)18-16(20)6-1-3-12-7-9-14(10-8-12)19(21)22/h2,4-5,7-11H,1,3,6H2,(H,18,20). The highest BCUT2D eigenvalue weighted by Gasteiger charge is 2.12. The van der Waals surface area contributed by atoms with E-state index >= 15 is 0 Å². The van der Waals surface area contributed by atoms with Crippen LogP contribution in [-0.2, 0) is 21.4 Å². The van der Waals surface area contributed by atoms with Gasteiger partial charge in [-0.1, -0.05) is 18.2 Å². The van der Waals surface area contributed by atoms with Crippen molar-refractivity contribution >= 4 is 27.5 Å². The molecule has 2 aromatic carbocycles. The Morgan fingerprint density at radius 2 is 1.84 bits per heavy atom. The maximum atomic E-state index is 12.9. The van der Waals surface area contributed by atoms with Gasteiger partial charge in [-0.25, -0.2) is 0 Å². The van der Waals surface area contributed by atoms with E-state index in [2.05, 4.69) is 5.32 Å². The molecule has 0 heterocycles. The van der Waals surface area contributed by atoms with Gasteiger partial charge in [-0.15, -0.1) is 3.89 Å². The summed E-state index contributed by atoms with van der Waals surface area (Å²) in [6, 6.07) is 11.0. The number of amides is 1. The molecule has 0 saturated heterocycles. The lowest BCUT2D eigenvalue weighted by molar-refractivity contribution is -0.384. The SMILES string of the molecule is O=C(CCCc1ccc([N+](=O)[O-])cc1)Nc1cccc(S(=O)(=O)F)c1. The van der Waals surface area contributed by atoms with Gasteiger partial charge in [0.25, 0.3) is 5.69 Å². The highest BCUT2D eigenvalue weighted by Crippen LogP contribution is 2.18. The van der Waals surface area contributed by atoms with Crippen molar-refractivity contribution in [2.45, 2.75) is 24.2 Å². The largest absolute Gasteiger partial charge is 0.332 e.